The van der Waals surface area contributed by atoms with Crippen LogP contribution in [0.1, 0.15) is 18.4 Å². The van der Waals surface area contributed by atoms with Gasteiger partial charge < -0.3 is 14.6 Å². The van der Waals surface area contributed by atoms with Crippen molar-refractivity contribution < 1.29 is 19.1 Å². The Kier molecular flexibility index (Phi) is 4.65. The average molecular weight is 372 g/mol. The van der Waals surface area contributed by atoms with Crippen molar-refractivity contribution in [2.24, 2.45) is 5.92 Å². The second-order valence-corrected chi connectivity index (χ2v) is 7.22. The van der Waals surface area contributed by atoms with Crippen LogP contribution in [-0.4, -0.2) is 62.0 Å². The lowest BCUT2D eigenvalue weighted by Crippen LogP contribution is -2.39. The summed E-state index contributed by atoms with van der Waals surface area (Å²) in [6, 6.07) is 5.20. The molecule has 2 atom stereocenters. The molecule has 3 heterocycles. The maximum Gasteiger partial charge on any atom is 0.308 e. The van der Waals surface area contributed by atoms with Gasteiger partial charge in [-0.05, 0) is 24.1 Å². The molecule has 7 nitrogen and oxygen atoms in total. The second-order valence-electron chi connectivity index (χ2n) is 7.22. The van der Waals surface area contributed by atoms with Gasteiger partial charge in [-0.1, -0.05) is 6.07 Å². The van der Waals surface area contributed by atoms with Crippen molar-refractivity contribution >= 4 is 11.9 Å². The van der Waals surface area contributed by atoms with E-state index in [0.717, 1.165) is 18.5 Å². The van der Waals surface area contributed by atoms with Gasteiger partial charge in [-0.2, -0.15) is 0 Å². The minimum absolute atomic E-state index is 0.0388. The monoisotopic (exact) mass is 372 g/mol. The predicted octanol–water partition coefficient (Wildman–Crippen LogP) is 1.52. The number of halogens is 1. The number of carbonyl (C=O) groups excluding carboxylic acids is 1. The van der Waals surface area contributed by atoms with Gasteiger partial charge in [-0.15, -0.1) is 0 Å². The van der Waals surface area contributed by atoms with E-state index in [0.29, 0.717) is 25.3 Å². The first-order chi connectivity index (χ1) is 13.0. The lowest BCUT2D eigenvalue weighted by molar-refractivity contribution is -0.141. The Morgan fingerprint density at radius 1 is 1.33 bits per heavy atom. The zero-order valence-corrected chi connectivity index (χ0v) is 14.8. The summed E-state index contributed by atoms with van der Waals surface area (Å²) in [7, 11) is 0. The third-order valence-electron chi connectivity index (χ3n) is 5.40. The van der Waals surface area contributed by atoms with E-state index in [-0.39, 0.29) is 24.2 Å². The van der Waals surface area contributed by atoms with Crippen molar-refractivity contribution in [1.29, 1.82) is 0 Å². The first-order valence-corrected chi connectivity index (χ1v) is 9.02. The Bertz CT molecular complexity index is 855. The summed E-state index contributed by atoms with van der Waals surface area (Å²) in [4.78, 5) is 31.1. The van der Waals surface area contributed by atoms with Crippen molar-refractivity contribution in [1.82, 2.24) is 19.4 Å². The third-order valence-corrected chi connectivity index (χ3v) is 5.40. The average Bonchev–Trinajstić information content (AvgIpc) is 3.35. The normalized spacial score (nSPS) is 23.3. The number of imidazole rings is 1. The molecule has 1 amide bonds. The number of amides is 1. The molecule has 2 aromatic rings. The van der Waals surface area contributed by atoms with Crippen molar-refractivity contribution in [2.75, 3.05) is 19.6 Å². The molecule has 2 aliphatic heterocycles. The molecule has 2 unspecified atom stereocenters. The number of benzene rings is 1. The molecule has 27 heavy (non-hydrogen) atoms. The Morgan fingerprint density at radius 3 is 2.85 bits per heavy atom. The van der Waals surface area contributed by atoms with Crippen molar-refractivity contribution in [2.45, 2.75) is 25.4 Å². The molecule has 8 heteroatoms. The summed E-state index contributed by atoms with van der Waals surface area (Å²) < 4.78 is 16.0. The molecule has 0 spiro atoms. The maximum absolute atomic E-state index is 14.4. The van der Waals surface area contributed by atoms with E-state index in [9.17, 15) is 14.0 Å². The highest BCUT2D eigenvalue weighted by molar-refractivity contribution is 5.86. The molecule has 2 fully saturated rings. The van der Waals surface area contributed by atoms with E-state index in [2.05, 4.69) is 9.88 Å². The largest absolute Gasteiger partial charge is 0.481 e. The van der Waals surface area contributed by atoms with Gasteiger partial charge in [0.25, 0.3) is 0 Å². The van der Waals surface area contributed by atoms with Crippen LogP contribution in [0.3, 0.4) is 0 Å². The number of likely N-dealkylation sites (tertiary alicyclic amines) is 2. The van der Waals surface area contributed by atoms with Gasteiger partial charge in [0.2, 0.25) is 5.91 Å². The number of aromatic nitrogens is 2. The van der Waals surface area contributed by atoms with Gasteiger partial charge in [-0.3, -0.25) is 14.5 Å². The number of hydrogen-bond donors (Lipinski definition) is 1. The summed E-state index contributed by atoms with van der Waals surface area (Å²) in [5.41, 5.74) is 1.33. The van der Waals surface area contributed by atoms with E-state index in [4.69, 9.17) is 5.11 Å². The molecule has 142 valence electrons. The van der Waals surface area contributed by atoms with Crippen LogP contribution in [0.15, 0.2) is 36.9 Å². The highest BCUT2D eigenvalue weighted by Crippen LogP contribution is 2.26. The number of aliphatic carboxylic acids is 1. The summed E-state index contributed by atoms with van der Waals surface area (Å²) in [5, 5.41) is 9.12. The molecule has 0 saturated carbocycles. The van der Waals surface area contributed by atoms with Crippen LogP contribution < -0.4 is 0 Å². The number of carboxylic acid groups (broad SMARTS) is 1. The summed E-state index contributed by atoms with van der Waals surface area (Å²) >= 11 is 0. The van der Waals surface area contributed by atoms with E-state index in [1.807, 2.05) is 6.07 Å². The Morgan fingerprint density at radius 2 is 2.19 bits per heavy atom. The van der Waals surface area contributed by atoms with E-state index >= 15 is 0 Å². The van der Waals surface area contributed by atoms with Crippen molar-refractivity contribution in [3.63, 3.8) is 0 Å². The minimum atomic E-state index is -0.908. The third kappa shape index (κ3) is 3.57. The molecular formula is C19H21FN4O3. The lowest BCUT2D eigenvalue weighted by Gasteiger charge is -2.24. The summed E-state index contributed by atoms with van der Waals surface area (Å²) in [5.74, 6) is -1.89. The molecule has 0 radical (unpaired) electrons. The molecule has 1 N–H and O–H groups in total. The standard InChI is InChI=1S/C19H21FN4O3/c20-16-7-13(1-2-17(16)23-6-4-21-12-23)9-22-5-3-15(11-22)24-10-14(19(26)27)8-18(24)25/h1-2,4,6-7,12,14-15H,3,5,8-11H2,(H,26,27). The van der Waals surface area contributed by atoms with Crippen molar-refractivity contribution in [3.8, 4) is 5.69 Å². The predicted molar refractivity (Wildman–Crippen MR) is 94.7 cm³/mol. The fourth-order valence-corrected chi connectivity index (χ4v) is 3.98. The fourth-order valence-electron chi connectivity index (χ4n) is 3.98. The van der Waals surface area contributed by atoms with E-state index < -0.39 is 11.9 Å². The van der Waals surface area contributed by atoms with Crippen LogP contribution in [-0.2, 0) is 16.1 Å². The number of hydrogen-bond acceptors (Lipinski definition) is 4. The van der Waals surface area contributed by atoms with Gasteiger partial charge in [0, 0.05) is 51.0 Å². The van der Waals surface area contributed by atoms with Gasteiger partial charge in [0.15, 0.2) is 0 Å². The Hall–Kier alpha value is -2.74. The molecule has 1 aromatic heterocycles. The number of rotatable bonds is 5. The first kappa shape index (κ1) is 17.7. The molecule has 4 rings (SSSR count). The SMILES string of the molecule is O=C(O)C1CC(=O)N(C2CCN(Cc3ccc(-n4ccnc4)c(F)c3)C2)C1. The molecule has 1 aromatic carbocycles. The Labute approximate surface area is 156 Å². The van der Waals surface area contributed by atoms with Crippen LogP contribution in [0.25, 0.3) is 5.69 Å². The van der Waals surface area contributed by atoms with Crippen molar-refractivity contribution in [3.05, 3.63) is 48.3 Å². The molecular weight excluding hydrogens is 351 g/mol. The van der Waals surface area contributed by atoms with Crippen LogP contribution >= 0.6 is 0 Å². The zero-order chi connectivity index (χ0) is 19.0. The lowest BCUT2D eigenvalue weighted by atomic mass is 10.1. The molecule has 2 aliphatic rings. The highest BCUT2D eigenvalue weighted by atomic mass is 19.1. The first-order valence-electron chi connectivity index (χ1n) is 9.02. The topological polar surface area (TPSA) is 78.7 Å². The smallest absolute Gasteiger partial charge is 0.308 e. The quantitative estimate of drug-likeness (QED) is 0.861. The van der Waals surface area contributed by atoms with E-state index in [1.54, 1.807) is 34.3 Å². The Balaban J connectivity index is 1.38. The number of carboxylic acids is 1. The van der Waals surface area contributed by atoms with Crippen LogP contribution in [0.5, 0.6) is 0 Å². The van der Waals surface area contributed by atoms with Gasteiger partial charge in [-0.25, -0.2) is 9.37 Å². The van der Waals surface area contributed by atoms with Crippen LogP contribution in [0, 0.1) is 11.7 Å². The number of nitrogens with zero attached hydrogens (tertiary/aromatic N) is 4. The van der Waals surface area contributed by atoms with Crippen LogP contribution in [0.4, 0.5) is 4.39 Å². The zero-order valence-electron chi connectivity index (χ0n) is 14.8. The van der Waals surface area contributed by atoms with Gasteiger partial charge in [0.1, 0.15) is 5.82 Å². The maximum atomic E-state index is 14.4. The second kappa shape index (κ2) is 7.11. The minimum Gasteiger partial charge on any atom is -0.481 e. The molecule has 0 bridgehead atoms. The summed E-state index contributed by atoms with van der Waals surface area (Å²) in [6.07, 6.45) is 5.76. The molecule has 0 aliphatic carbocycles. The fraction of sp³-hybridized carbons (Fsp3) is 0.421. The summed E-state index contributed by atoms with van der Waals surface area (Å²) in [6.45, 7) is 2.38. The van der Waals surface area contributed by atoms with E-state index in [1.165, 1.54) is 6.07 Å². The highest BCUT2D eigenvalue weighted by Gasteiger charge is 2.40. The van der Waals surface area contributed by atoms with Gasteiger partial charge >= 0.3 is 5.97 Å². The van der Waals surface area contributed by atoms with Crippen LogP contribution in [0.2, 0.25) is 0 Å². The molecule has 2 saturated heterocycles. The number of carbonyl (C=O) groups is 2. The van der Waals surface area contributed by atoms with Gasteiger partial charge in [0.05, 0.1) is 17.9 Å².